The molecule has 0 unspecified atom stereocenters. The first-order valence-corrected chi connectivity index (χ1v) is 44.4. The van der Waals surface area contributed by atoms with E-state index >= 15 is 0 Å². The highest BCUT2D eigenvalue weighted by molar-refractivity contribution is 6.50. The molecule has 0 aliphatic carbocycles. The molecule has 3 N–H and O–H groups in total. The highest BCUT2D eigenvalue weighted by atomic mass is 19.5. The normalized spacial score (nSPS) is 11.5. The van der Waals surface area contributed by atoms with E-state index in [2.05, 4.69) is 189 Å². The number of unbranched alkanes of at least 4 members (excludes halogenated alkanes) is 40. The standard InChI is InChI=1S/C94H156N6.BF4/c1-9-17-25-33-41-49-75-96(76-50-42-34-26-18-10-2)85-61-57-83(58-62-85)93-91(95)73-74-92(94(93)84-59-63-86(64-60-84)97(77-51-43-35-27-19-11-3)78-52-44-36-28-20-12-4)100(89-69-65-87(66-70-89)98(79-53-45-37-29-21-13-5)80-54-46-38-30-22-14-6)90-71-67-88(68-72-90)99(81-55-47-39-31-23-15-7)82-56-48-40-32-24-16-8;2-1(3,4)5/h57-74H,9-56,75-82,95H2,1-8H3;/q;-1/p+1. The van der Waals surface area contributed by atoms with Crippen molar-refractivity contribution in [3.8, 4) is 22.3 Å². The Bertz CT molecular complexity index is 2660. The van der Waals surface area contributed by atoms with E-state index in [0.29, 0.717) is 0 Å². The molecule has 0 heterocycles. The van der Waals surface area contributed by atoms with Gasteiger partial charge < -0.3 is 47.5 Å². The average molecular weight is 1460 g/mol. The van der Waals surface area contributed by atoms with Crippen LogP contribution in [0.2, 0.25) is 0 Å². The lowest BCUT2D eigenvalue weighted by atomic mass is 9.90. The molecule has 105 heavy (non-hydrogen) atoms. The zero-order chi connectivity index (χ0) is 75.6. The Labute approximate surface area is 644 Å². The Balaban J connectivity index is 0.00000450. The van der Waals surface area contributed by atoms with Crippen molar-refractivity contribution in [1.29, 1.82) is 0 Å². The molecular formula is C94H157BF4N6. The minimum absolute atomic E-state index is 1.07. The lowest BCUT2D eigenvalue weighted by Crippen LogP contribution is -2.41. The van der Waals surface area contributed by atoms with Gasteiger partial charge in [0.25, 0.3) is 0 Å². The number of halogens is 4. The van der Waals surface area contributed by atoms with Crippen LogP contribution in [0.4, 0.5) is 62.8 Å². The largest absolute Gasteiger partial charge is 0.673 e. The first-order valence-electron chi connectivity index (χ1n) is 44.4. The fourth-order valence-corrected chi connectivity index (χ4v) is 15.3. The van der Waals surface area contributed by atoms with Crippen LogP contribution in [0.15, 0.2) is 109 Å². The van der Waals surface area contributed by atoms with E-state index in [-0.39, 0.29) is 0 Å². The fraction of sp³-hybridized carbons (Fsp3) is 0.681. The molecule has 594 valence electrons. The van der Waals surface area contributed by atoms with Crippen molar-refractivity contribution in [3.63, 3.8) is 0 Å². The topological polar surface area (TPSA) is 43.8 Å². The highest BCUT2D eigenvalue weighted by Gasteiger charge is 2.26. The van der Waals surface area contributed by atoms with Gasteiger partial charge in [-0.2, -0.15) is 0 Å². The summed E-state index contributed by atoms with van der Waals surface area (Å²) in [5.74, 6) is 0. The molecule has 0 atom stereocenters. The molecule has 0 aliphatic rings. The second-order valence-electron chi connectivity index (χ2n) is 31.0. The summed E-state index contributed by atoms with van der Waals surface area (Å²) >= 11 is 0. The SMILES string of the molecule is CCCCCCCCN(CCCCCCCC)c1ccc(-c2c([NH3+])ccc(N(c3ccc(N(CCCCCCCC)CCCCCCCC)cc3)c3ccc(N(CCCCCCCC)CCCCCCCC)cc3)c2-c2ccc(N(CCCCCCCC)CCCCCCCC)cc2)cc1.F[B-](F)(F)F. The Kier molecular flexibility index (Phi) is 52.5. The highest BCUT2D eigenvalue weighted by Crippen LogP contribution is 2.48. The Morgan fingerprint density at radius 3 is 0.600 bits per heavy atom. The number of hydrogen-bond acceptors (Lipinski definition) is 5. The third-order valence-electron chi connectivity index (χ3n) is 21.8. The fourth-order valence-electron chi connectivity index (χ4n) is 15.3. The van der Waals surface area contributed by atoms with Gasteiger partial charge in [-0.3, -0.25) is 0 Å². The molecule has 6 nitrogen and oxygen atoms in total. The van der Waals surface area contributed by atoms with Crippen molar-refractivity contribution in [3.05, 3.63) is 109 Å². The number of quaternary nitrogens is 1. The smallest absolute Gasteiger partial charge is 0.418 e. The summed E-state index contributed by atoms with van der Waals surface area (Å²) in [6, 6.07) is 44.3. The van der Waals surface area contributed by atoms with Crippen molar-refractivity contribution >= 4 is 52.8 Å². The van der Waals surface area contributed by atoms with Crippen molar-refractivity contribution in [1.82, 2.24) is 0 Å². The predicted octanol–water partition coefficient (Wildman–Crippen LogP) is 30.8. The van der Waals surface area contributed by atoms with Gasteiger partial charge in [-0.25, -0.2) is 0 Å². The lowest BCUT2D eigenvalue weighted by molar-refractivity contribution is -0.253. The summed E-state index contributed by atoms with van der Waals surface area (Å²) in [6.45, 7) is 27.7. The number of benzene rings is 5. The minimum atomic E-state index is -6.00. The van der Waals surface area contributed by atoms with Gasteiger partial charge >= 0.3 is 7.25 Å². The first-order chi connectivity index (χ1) is 51.3. The molecule has 5 aromatic carbocycles. The van der Waals surface area contributed by atoms with E-state index in [1.165, 1.54) is 370 Å². The summed E-state index contributed by atoms with van der Waals surface area (Å²) in [5.41, 5.74) is 20.1. The molecular weight excluding hydrogens is 1300 g/mol. The molecule has 0 aliphatic heterocycles. The van der Waals surface area contributed by atoms with E-state index in [1.807, 2.05) is 0 Å². The van der Waals surface area contributed by atoms with Crippen LogP contribution < -0.4 is 30.2 Å². The number of hydrogen-bond donors (Lipinski definition) is 1. The van der Waals surface area contributed by atoms with Crippen molar-refractivity contribution in [2.45, 2.75) is 364 Å². The molecule has 0 saturated heterocycles. The summed E-state index contributed by atoms with van der Waals surface area (Å²) < 4.78 is 39.0. The monoisotopic (exact) mass is 1460 g/mol. The molecule has 5 rings (SSSR count). The summed E-state index contributed by atoms with van der Waals surface area (Å²) in [7, 11) is -6.00. The van der Waals surface area contributed by atoms with Crippen LogP contribution in [0.25, 0.3) is 22.3 Å². The maximum atomic E-state index is 9.75. The van der Waals surface area contributed by atoms with E-state index < -0.39 is 7.25 Å². The van der Waals surface area contributed by atoms with Crippen LogP contribution in [0, 0.1) is 0 Å². The Morgan fingerprint density at radius 1 is 0.219 bits per heavy atom. The molecule has 0 amide bonds. The number of nitrogens with zero attached hydrogens (tertiary/aromatic N) is 5. The molecule has 11 heteroatoms. The predicted molar refractivity (Wildman–Crippen MR) is 461 cm³/mol. The van der Waals surface area contributed by atoms with Crippen LogP contribution >= 0.6 is 0 Å². The maximum absolute atomic E-state index is 9.75. The molecule has 0 aromatic heterocycles. The quantitative estimate of drug-likeness (QED) is 0.0239. The maximum Gasteiger partial charge on any atom is 0.673 e. The zero-order valence-electron chi connectivity index (χ0n) is 69.0. The minimum Gasteiger partial charge on any atom is -0.418 e. The summed E-state index contributed by atoms with van der Waals surface area (Å²) in [6.07, 6.45) is 63.4. The number of anilines is 7. The van der Waals surface area contributed by atoms with Gasteiger partial charge in [0.2, 0.25) is 0 Å². The van der Waals surface area contributed by atoms with Gasteiger partial charge in [-0.15, -0.1) is 0 Å². The van der Waals surface area contributed by atoms with Crippen LogP contribution in [-0.4, -0.2) is 59.6 Å². The van der Waals surface area contributed by atoms with Crippen molar-refractivity contribution < 1.29 is 23.0 Å². The van der Waals surface area contributed by atoms with Gasteiger partial charge in [-0.1, -0.05) is 336 Å². The van der Waals surface area contributed by atoms with Crippen LogP contribution in [-0.2, 0) is 0 Å². The first kappa shape index (κ1) is 92.2. The van der Waals surface area contributed by atoms with Crippen LogP contribution in [0.1, 0.15) is 364 Å². The molecule has 0 bridgehead atoms. The van der Waals surface area contributed by atoms with Crippen molar-refractivity contribution in [2.75, 3.05) is 76.9 Å². The molecule has 0 radical (unpaired) electrons. The van der Waals surface area contributed by atoms with Gasteiger partial charge in [-0.05, 0) is 141 Å². The molecule has 0 saturated carbocycles. The molecule has 0 spiro atoms. The van der Waals surface area contributed by atoms with Crippen LogP contribution in [0.5, 0.6) is 0 Å². The third-order valence-corrected chi connectivity index (χ3v) is 21.8. The van der Waals surface area contributed by atoms with E-state index in [4.69, 9.17) is 5.73 Å². The summed E-state index contributed by atoms with van der Waals surface area (Å²) in [4.78, 5) is 13.6. The van der Waals surface area contributed by atoms with E-state index in [0.717, 1.165) is 58.0 Å². The number of rotatable bonds is 65. The average Bonchev–Trinajstić information content (AvgIpc) is 0.755. The van der Waals surface area contributed by atoms with Crippen molar-refractivity contribution in [2.24, 2.45) is 0 Å². The van der Waals surface area contributed by atoms with Crippen LogP contribution in [0.3, 0.4) is 0 Å². The van der Waals surface area contributed by atoms with Gasteiger partial charge in [0.15, 0.2) is 0 Å². The summed E-state index contributed by atoms with van der Waals surface area (Å²) in [5, 5.41) is 0. The molecule has 5 aromatic rings. The third kappa shape index (κ3) is 40.2. The zero-order valence-corrected chi connectivity index (χ0v) is 69.0. The Hall–Kier alpha value is -5.16. The second kappa shape index (κ2) is 59.8. The van der Waals surface area contributed by atoms with Gasteiger partial charge in [0, 0.05) is 98.1 Å². The molecule has 0 fully saturated rings. The lowest BCUT2D eigenvalue weighted by Gasteiger charge is -2.31. The van der Waals surface area contributed by atoms with Gasteiger partial charge in [0.1, 0.15) is 5.69 Å². The van der Waals surface area contributed by atoms with E-state index in [9.17, 15) is 17.3 Å². The second-order valence-corrected chi connectivity index (χ2v) is 31.0. The Morgan fingerprint density at radius 2 is 0.390 bits per heavy atom. The van der Waals surface area contributed by atoms with E-state index in [1.54, 1.807) is 0 Å². The van der Waals surface area contributed by atoms with Gasteiger partial charge in [0.05, 0.1) is 11.3 Å².